The minimum absolute atomic E-state index is 0.113. The number of benzene rings is 4. The average Bonchev–Trinajstić information content (AvgIpc) is 4.12. The van der Waals surface area contributed by atoms with E-state index in [2.05, 4.69) is 62.8 Å². The zero-order chi connectivity index (χ0) is 51.7. The number of halogens is 5. The summed E-state index contributed by atoms with van der Waals surface area (Å²) in [7, 11) is -0.589. The molecule has 4 aromatic carbocycles. The molecule has 1 fully saturated rings. The number of fused-ring (bicyclic) bond motifs is 4. The van der Waals surface area contributed by atoms with Gasteiger partial charge in [-0.25, -0.2) is 37.1 Å². The van der Waals surface area contributed by atoms with E-state index >= 15 is 0 Å². The number of aromatic nitrogens is 8. The van der Waals surface area contributed by atoms with E-state index in [-0.39, 0.29) is 22.8 Å². The highest BCUT2D eigenvalue weighted by Crippen LogP contribution is 2.42. The molecule has 0 unspecified atom stereocenters. The zero-order valence-electron chi connectivity index (χ0n) is 40.8. The molecule has 1 aliphatic rings. The van der Waals surface area contributed by atoms with Crippen LogP contribution in [0.2, 0.25) is 0 Å². The molecule has 72 heavy (non-hydrogen) atoms. The standard InChI is InChI=1S/C23H18F2N4O2.C18H22BN3O4.C11H8F2IN/c1-10-18(14-6-4-5-7-16(14)26-20(10)22(24)25)15-8-13(19-11(2)29-31-12(19)3)9-17-21(15)28-23(30)27-17;1-9-14(10(2)24-22-9)11-7-12(15-13(8-11)20-16(23)21-15)19-25-17(3,4)18(5,6)26-19;1-6-9(14)7-4-2-3-5-8(7)15-10(6)11(12)13/h4-9,22H,1-3H3,(H2,27,28,30);7-8H,1-6H3,(H2,20,21,23);2-5,11H,1H3. The van der Waals surface area contributed by atoms with E-state index in [1.807, 2.05) is 97.0 Å². The second-order valence-electron chi connectivity index (χ2n) is 18.6. The molecule has 1 saturated heterocycles. The molecule has 6 aromatic heterocycles. The van der Waals surface area contributed by atoms with Crippen LogP contribution in [-0.4, -0.2) is 58.5 Å². The van der Waals surface area contributed by atoms with Crippen LogP contribution < -0.4 is 16.8 Å². The number of aromatic amines is 4. The lowest BCUT2D eigenvalue weighted by molar-refractivity contribution is 0.00578. The molecular formula is C52H48BF4IN8O6. The van der Waals surface area contributed by atoms with Crippen molar-refractivity contribution < 1.29 is 35.9 Å². The third kappa shape index (κ3) is 9.03. The van der Waals surface area contributed by atoms with Crippen molar-refractivity contribution in [3.8, 4) is 33.4 Å². The number of aryl methyl sites for hydroxylation is 4. The van der Waals surface area contributed by atoms with Crippen LogP contribution in [0, 0.1) is 45.1 Å². The van der Waals surface area contributed by atoms with Gasteiger partial charge in [0.2, 0.25) is 0 Å². The number of H-pyrrole nitrogens is 4. The molecule has 370 valence electrons. The van der Waals surface area contributed by atoms with Crippen LogP contribution in [0.4, 0.5) is 17.6 Å². The van der Waals surface area contributed by atoms with Crippen molar-refractivity contribution in [3.63, 3.8) is 0 Å². The van der Waals surface area contributed by atoms with Crippen LogP contribution in [-0.2, 0) is 9.31 Å². The molecular weight excluding hydrogens is 1050 g/mol. The van der Waals surface area contributed by atoms with Crippen molar-refractivity contribution in [1.29, 1.82) is 0 Å². The molecule has 7 heterocycles. The maximum atomic E-state index is 13.8. The maximum Gasteiger partial charge on any atom is 0.497 e. The second kappa shape index (κ2) is 18.9. The lowest BCUT2D eigenvalue weighted by atomic mass is 9.76. The first-order valence-corrected chi connectivity index (χ1v) is 23.9. The zero-order valence-corrected chi connectivity index (χ0v) is 42.9. The fourth-order valence-electron chi connectivity index (χ4n) is 9.13. The summed E-state index contributed by atoms with van der Waals surface area (Å²) >= 11 is 2.09. The number of alkyl halides is 4. The fourth-order valence-corrected chi connectivity index (χ4v) is 9.86. The largest absolute Gasteiger partial charge is 0.497 e. The molecule has 0 spiro atoms. The molecule has 11 rings (SSSR count). The van der Waals surface area contributed by atoms with E-state index in [1.165, 1.54) is 0 Å². The van der Waals surface area contributed by atoms with E-state index < -0.39 is 31.2 Å². The van der Waals surface area contributed by atoms with Gasteiger partial charge in [0.15, 0.2) is 0 Å². The summed E-state index contributed by atoms with van der Waals surface area (Å²) in [6.07, 6.45) is -5.24. The van der Waals surface area contributed by atoms with Crippen molar-refractivity contribution >= 4 is 79.0 Å². The minimum atomic E-state index is -2.73. The fraction of sp³-hybridized carbons (Fsp3) is 0.269. The van der Waals surface area contributed by atoms with E-state index in [9.17, 15) is 27.2 Å². The number of hydrogen-bond acceptors (Lipinski definition) is 10. The molecule has 0 saturated carbocycles. The number of nitrogens with one attached hydrogen (secondary N) is 4. The van der Waals surface area contributed by atoms with Crippen LogP contribution in [0.15, 0.2) is 91.4 Å². The number of pyridine rings is 2. The third-order valence-electron chi connectivity index (χ3n) is 13.4. The van der Waals surface area contributed by atoms with E-state index in [0.29, 0.717) is 66.8 Å². The molecule has 0 bridgehead atoms. The third-order valence-corrected chi connectivity index (χ3v) is 14.8. The Balaban J connectivity index is 0.000000141. The Kier molecular flexibility index (Phi) is 13.2. The van der Waals surface area contributed by atoms with Gasteiger partial charge in [0.25, 0.3) is 12.9 Å². The van der Waals surface area contributed by atoms with Gasteiger partial charge >= 0.3 is 18.5 Å². The molecule has 4 N–H and O–H groups in total. The smallest absolute Gasteiger partial charge is 0.399 e. The summed E-state index contributed by atoms with van der Waals surface area (Å²) in [6, 6.07) is 22.1. The first-order valence-electron chi connectivity index (χ1n) is 22.8. The van der Waals surface area contributed by atoms with Crippen molar-refractivity contribution in [2.75, 3.05) is 0 Å². The van der Waals surface area contributed by atoms with Crippen LogP contribution >= 0.6 is 22.6 Å². The Bertz CT molecular complexity index is 3800. The van der Waals surface area contributed by atoms with Gasteiger partial charge in [-0.2, -0.15) is 0 Å². The Labute approximate surface area is 422 Å². The van der Waals surface area contributed by atoms with Gasteiger partial charge in [0, 0.05) is 36.5 Å². The molecule has 0 radical (unpaired) electrons. The molecule has 0 atom stereocenters. The summed E-state index contributed by atoms with van der Waals surface area (Å²) in [5.41, 5.74) is 9.41. The van der Waals surface area contributed by atoms with Crippen molar-refractivity contribution in [1.82, 2.24) is 40.2 Å². The molecule has 10 aromatic rings. The molecule has 1 aliphatic heterocycles. The number of nitrogens with zero attached hydrogens (tertiary/aromatic N) is 4. The quantitative estimate of drug-likeness (QED) is 0.0707. The van der Waals surface area contributed by atoms with Crippen LogP contribution in [0.25, 0.3) is 77.3 Å². The highest BCUT2D eigenvalue weighted by Gasteiger charge is 2.52. The van der Waals surface area contributed by atoms with Gasteiger partial charge < -0.3 is 38.3 Å². The first kappa shape index (κ1) is 50.1. The Morgan fingerprint density at radius 1 is 0.583 bits per heavy atom. The van der Waals surface area contributed by atoms with Crippen molar-refractivity contribution in [2.45, 2.75) is 93.3 Å². The highest BCUT2D eigenvalue weighted by atomic mass is 127. The first-order chi connectivity index (χ1) is 34.0. The highest BCUT2D eigenvalue weighted by molar-refractivity contribution is 14.1. The predicted octanol–water partition coefficient (Wildman–Crippen LogP) is 12.1. The Morgan fingerprint density at radius 2 is 1.04 bits per heavy atom. The van der Waals surface area contributed by atoms with Gasteiger partial charge in [-0.05, 0) is 150 Å². The van der Waals surface area contributed by atoms with Crippen molar-refractivity contribution in [2.24, 2.45) is 0 Å². The summed E-state index contributed by atoms with van der Waals surface area (Å²) in [4.78, 5) is 43.5. The summed E-state index contributed by atoms with van der Waals surface area (Å²) in [6.45, 7) is 18.7. The van der Waals surface area contributed by atoms with Crippen LogP contribution in [0.1, 0.15) is 86.0 Å². The van der Waals surface area contributed by atoms with Crippen molar-refractivity contribution in [3.05, 3.63) is 143 Å². The monoisotopic (exact) mass is 1090 g/mol. The van der Waals surface area contributed by atoms with Gasteiger partial charge in [0.1, 0.15) is 22.9 Å². The van der Waals surface area contributed by atoms with E-state index in [0.717, 1.165) is 53.5 Å². The summed E-state index contributed by atoms with van der Waals surface area (Å²) in [5.74, 6) is 1.35. The molecule has 0 amide bonds. The molecule has 0 aliphatic carbocycles. The minimum Gasteiger partial charge on any atom is -0.399 e. The average molecular weight is 1090 g/mol. The molecule has 14 nitrogen and oxygen atoms in total. The van der Waals surface area contributed by atoms with Gasteiger partial charge in [-0.3, -0.25) is 0 Å². The maximum absolute atomic E-state index is 13.8. The van der Waals surface area contributed by atoms with Crippen LogP contribution in [0.3, 0.4) is 0 Å². The van der Waals surface area contributed by atoms with E-state index in [1.54, 1.807) is 45.0 Å². The number of para-hydroxylation sites is 2. The summed E-state index contributed by atoms with van der Waals surface area (Å²) in [5, 5.41) is 9.71. The Hall–Kier alpha value is -6.91. The molecule has 20 heteroatoms. The van der Waals surface area contributed by atoms with Gasteiger partial charge in [-0.15, -0.1) is 0 Å². The normalized spacial score (nSPS) is 14.2. The lowest BCUT2D eigenvalue weighted by Crippen LogP contribution is -2.41. The topological polar surface area (TPSA) is 194 Å². The SMILES string of the molecule is Cc1c(C(F)F)nc2ccccc2c1I.Cc1noc(C)c1-c1cc(-c2c(C)c(C(F)F)nc3ccccc23)c2[nH]c(=O)[nH]c2c1.Cc1noc(C)c1-c1cc(B2OC(C)(C)C(C)(C)O2)c2[nH]c(=O)[nH]c2c1. The van der Waals surface area contributed by atoms with Gasteiger partial charge in [0.05, 0.1) is 55.7 Å². The number of rotatable bonds is 6. The second-order valence-corrected chi connectivity index (χ2v) is 19.7. The van der Waals surface area contributed by atoms with Crippen LogP contribution in [0.5, 0.6) is 0 Å². The Morgan fingerprint density at radius 3 is 1.56 bits per heavy atom. The number of hydrogen-bond donors (Lipinski definition) is 4. The van der Waals surface area contributed by atoms with E-state index in [4.69, 9.17) is 18.4 Å². The summed E-state index contributed by atoms with van der Waals surface area (Å²) < 4.78 is 76.9. The number of imidazole rings is 2. The predicted molar refractivity (Wildman–Crippen MR) is 278 cm³/mol. The van der Waals surface area contributed by atoms with Gasteiger partial charge in [-0.1, -0.05) is 52.8 Å². The lowest BCUT2D eigenvalue weighted by Gasteiger charge is -2.32.